The number of alkyl halides is 4. The van der Waals surface area contributed by atoms with Crippen LogP contribution in [0.5, 0.6) is 0 Å². The molecule has 112 valence electrons. The molecule has 2 unspecified atom stereocenters. The van der Waals surface area contributed by atoms with Crippen molar-refractivity contribution in [2.45, 2.75) is 31.9 Å². The first-order valence-electron chi connectivity index (χ1n) is 6.45. The number of carbonyl (C=O) groups is 1. The van der Waals surface area contributed by atoms with Crippen molar-refractivity contribution >= 4 is 17.5 Å². The van der Waals surface area contributed by atoms with Crippen molar-refractivity contribution in [1.82, 2.24) is 5.32 Å². The van der Waals surface area contributed by atoms with Crippen molar-refractivity contribution in [2.24, 2.45) is 11.8 Å². The van der Waals surface area contributed by atoms with Crippen LogP contribution in [-0.2, 0) is 9.53 Å². The minimum absolute atomic E-state index is 0.0460. The molecule has 0 heterocycles. The van der Waals surface area contributed by atoms with E-state index in [1.807, 2.05) is 0 Å². The molecule has 0 aromatic carbocycles. The maximum absolute atomic E-state index is 12.8. The molecular formula is C12H19ClF3NO2. The number of amides is 1. The molecule has 1 fully saturated rings. The maximum atomic E-state index is 12.8. The highest BCUT2D eigenvalue weighted by Gasteiger charge is 2.47. The van der Waals surface area contributed by atoms with E-state index in [0.29, 0.717) is 31.7 Å². The number of carbonyl (C=O) groups excluding carboxylic acids is 1. The van der Waals surface area contributed by atoms with Gasteiger partial charge in [-0.2, -0.15) is 13.2 Å². The van der Waals surface area contributed by atoms with E-state index >= 15 is 0 Å². The zero-order chi connectivity index (χ0) is 14.3. The molecule has 0 aliphatic heterocycles. The largest absolute Gasteiger partial charge is 0.392 e. The molecule has 0 aromatic heterocycles. The Kier molecular flexibility index (Phi) is 6.93. The standard InChI is InChI=1S/C12H19ClF3NO2/c13-5-7-19-8-6-17-11(18)9-3-1-2-4-10(9)12(14,15)16/h9-10H,1-8H2,(H,17,18). The van der Waals surface area contributed by atoms with Crippen molar-refractivity contribution in [2.75, 3.05) is 25.6 Å². The van der Waals surface area contributed by atoms with Gasteiger partial charge in [0, 0.05) is 18.3 Å². The zero-order valence-corrected chi connectivity index (χ0v) is 11.4. The van der Waals surface area contributed by atoms with E-state index < -0.39 is 23.9 Å². The van der Waals surface area contributed by atoms with Gasteiger partial charge in [-0.05, 0) is 12.8 Å². The fourth-order valence-electron chi connectivity index (χ4n) is 2.37. The highest BCUT2D eigenvalue weighted by molar-refractivity contribution is 6.17. The topological polar surface area (TPSA) is 38.3 Å². The number of hydrogen-bond acceptors (Lipinski definition) is 2. The predicted octanol–water partition coefficient (Wildman–Crippen LogP) is 2.73. The average molecular weight is 302 g/mol. The van der Waals surface area contributed by atoms with Gasteiger partial charge in [0.2, 0.25) is 5.91 Å². The summed E-state index contributed by atoms with van der Waals surface area (Å²) in [5, 5.41) is 2.51. The SMILES string of the molecule is O=C(NCCOCCCl)C1CCCCC1C(F)(F)F. The first-order valence-corrected chi connectivity index (χ1v) is 6.98. The van der Waals surface area contributed by atoms with Gasteiger partial charge in [-0.1, -0.05) is 12.8 Å². The summed E-state index contributed by atoms with van der Waals surface area (Å²) in [6.45, 7) is 0.852. The van der Waals surface area contributed by atoms with Gasteiger partial charge in [0.15, 0.2) is 0 Å². The van der Waals surface area contributed by atoms with Crippen LogP contribution in [0.2, 0.25) is 0 Å². The normalized spacial score (nSPS) is 24.2. The second-order valence-electron chi connectivity index (χ2n) is 4.63. The van der Waals surface area contributed by atoms with Crippen molar-refractivity contribution in [3.8, 4) is 0 Å². The lowest BCUT2D eigenvalue weighted by Gasteiger charge is -2.31. The fraction of sp³-hybridized carbons (Fsp3) is 0.917. The lowest BCUT2D eigenvalue weighted by Crippen LogP contribution is -2.43. The molecule has 19 heavy (non-hydrogen) atoms. The van der Waals surface area contributed by atoms with Crippen molar-refractivity contribution < 1.29 is 22.7 Å². The van der Waals surface area contributed by atoms with E-state index in [4.69, 9.17) is 16.3 Å². The first-order chi connectivity index (χ1) is 8.96. The van der Waals surface area contributed by atoms with Gasteiger partial charge < -0.3 is 10.1 Å². The molecule has 1 rings (SSSR count). The molecule has 0 aromatic rings. The van der Waals surface area contributed by atoms with Crippen LogP contribution in [0, 0.1) is 11.8 Å². The van der Waals surface area contributed by atoms with Crippen LogP contribution < -0.4 is 5.32 Å². The van der Waals surface area contributed by atoms with E-state index in [1.165, 1.54) is 0 Å². The molecule has 2 atom stereocenters. The van der Waals surface area contributed by atoms with Gasteiger partial charge in [-0.3, -0.25) is 4.79 Å². The summed E-state index contributed by atoms with van der Waals surface area (Å²) in [6.07, 6.45) is -2.74. The lowest BCUT2D eigenvalue weighted by atomic mass is 9.78. The monoisotopic (exact) mass is 301 g/mol. The molecule has 0 bridgehead atoms. The Labute approximate surface area is 115 Å². The quantitative estimate of drug-likeness (QED) is 0.605. The molecular weight excluding hydrogens is 283 g/mol. The second-order valence-corrected chi connectivity index (χ2v) is 5.01. The third kappa shape index (κ3) is 5.57. The summed E-state index contributed by atoms with van der Waals surface area (Å²) >= 11 is 5.40. The summed E-state index contributed by atoms with van der Waals surface area (Å²) in [4.78, 5) is 11.8. The summed E-state index contributed by atoms with van der Waals surface area (Å²) in [7, 11) is 0. The lowest BCUT2D eigenvalue weighted by molar-refractivity contribution is -0.198. The molecule has 0 spiro atoms. The van der Waals surface area contributed by atoms with Crippen molar-refractivity contribution in [3.05, 3.63) is 0 Å². The van der Waals surface area contributed by atoms with Gasteiger partial charge in [0.25, 0.3) is 0 Å². The molecule has 1 aliphatic rings. The summed E-state index contributed by atoms with van der Waals surface area (Å²) in [5.74, 6) is -2.63. The summed E-state index contributed by atoms with van der Waals surface area (Å²) in [6, 6.07) is 0. The average Bonchev–Trinajstić information content (AvgIpc) is 2.37. The Hall–Kier alpha value is -0.490. The molecule has 1 saturated carbocycles. The van der Waals surface area contributed by atoms with Gasteiger partial charge >= 0.3 is 6.18 Å². The Morgan fingerprint density at radius 1 is 1.26 bits per heavy atom. The van der Waals surface area contributed by atoms with E-state index in [2.05, 4.69) is 5.32 Å². The van der Waals surface area contributed by atoms with E-state index in [0.717, 1.165) is 0 Å². The minimum atomic E-state index is -4.29. The Balaban J connectivity index is 2.40. The minimum Gasteiger partial charge on any atom is -0.378 e. The molecule has 1 aliphatic carbocycles. The highest BCUT2D eigenvalue weighted by atomic mass is 35.5. The summed E-state index contributed by atoms with van der Waals surface area (Å²) in [5.41, 5.74) is 0. The van der Waals surface area contributed by atoms with E-state index in [9.17, 15) is 18.0 Å². The van der Waals surface area contributed by atoms with Crippen LogP contribution in [0.3, 0.4) is 0 Å². The first kappa shape index (κ1) is 16.6. The highest BCUT2D eigenvalue weighted by Crippen LogP contribution is 2.41. The smallest absolute Gasteiger partial charge is 0.378 e. The maximum Gasteiger partial charge on any atom is 0.392 e. The summed E-state index contributed by atoms with van der Waals surface area (Å²) < 4.78 is 43.5. The van der Waals surface area contributed by atoms with Gasteiger partial charge in [0.1, 0.15) is 0 Å². The molecule has 7 heteroatoms. The number of halogens is 4. The third-order valence-electron chi connectivity index (χ3n) is 3.29. The molecule has 1 N–H and O–H groups in total. The second kappa shape index (κ2) is 7.94. The number of hydrogen-bond donors (Lipinski definition) is 1. The van der Waals surface area contributed by atoms with Crippen molar-refractivity contribution in [1.29, 1.82) is 0 Å². The molecule has 0 saturated heterocycles. The van der Waals surface area contributed by atoms with Gasteiger partial charge in [-0.25, -0.2) is 0 Å². The van der Waals surface area contributed by atoms with Crippen LogP contribution >= 0.6 is 11.6 Å². The van der Waals surface area contributed by atoms with Crippen LogP contribution in [-0.4, -0.2) is 37.7 Å². The Morgan fingerprint density at radius 2 is 1.95 bits per heavy atom. The number of ether oxygens (including phenoxy) is 1. The van der Waals surface area contributed by atoms with Crippen LogP contribution in [0.4, 0.5) is 13.2 Å². The van der Waals surface area contributed by atoms with Crippen LogP contribution in [0.25, 0.3) is 0 Å². The number of rotatable bonds is 6. The Morgan fingerprint density at radius 3 is 2.58 bits per heavy atom. The Bertz CT molecular complexity index is 287. The fourth-order valence-corrected chi connectivity index (χ4v) is 2.48. The van der Waals surface area contributed by atoms with Gasteiger partial charge in [-0.15, -0.1) is 11.6 Å². The van der Waals surface area contributed by atoms with E-state index in [-0.39, 0.29) is 19.6 Å². The van der Waals surface area contributed by atoms with Crippen LogP contribution in [0.1, 0.15) is 25.7 Å². The third-order valence-corrected chi connectivity index (χ3v) is 3.44. The molecule has 3 nitrogen and oxygen atoms in total. The van der Waals surface area contributed by atoms with E-state index in [1.54, 1.807) is 0 Å². The number of nitrogens with one attached hydrogen (secondary N) is 1. The van der Waals surface area contributed by atoms with Crippen molar-refractivity contribution in [3.63, 3.8) is 0 Å². The zero-order valence-electron chi connectivity index (χ0n) is 10.6. The molecule has 1 amide bonds. The van der Waals surface area contributed by atoms with Gasteiger partial charge in [0.05, 0.1) is 19.1 Å². The predicted molar refractivity (Wildman–Crippen MR) is 66.1 cm³/mol. The van der Waals surface area contributed by atoms with Crippen LogP contribution in [0.15, 0.2) is 0 Å². The molecule has 0 radical (unpaired) electrons.